The van der Waals surface area contributed by atoms with Crippen LogP contribution in [0.1, 0.15) is 92.9 Å². The van der Waals surface area contributed by atoms with E-state index in [9.17, 15) is 22.8 Å². The average molecular weight is 702 g/mol. The van der Waals surface area contributed by atoms with Crippen molar-refractivity contribution in [1.82, 2.24) is 15.5 Å². The van der Waals surface area contributed by atoms with Gasteiger partial charge in [0.25, 0.3) is 0 Å². The first-order chi connectivity index (χ1) is 24.4. The van der Waals surface area contributed by atoms with E-state index in [0.717, 1.165) is 85.4 Å². The number of piperidine rings is 1. The van der Waals surface area contributed by atoms with E-state index in [1.54, 1.807) is 11.0 Å². The summed E-state index contributed by atoms with van der Waals surface area (Å²) in [7, 11) is 0. The van der Waals surface area contributed by atoms with Crippen molar-refractivity contribution in [1.29, 1.82) is 0 Å². The number of carbonyl (C=O) groups excluding carboxylic acids is 2. The Morgan fingerprint density at radius 3 is 2.55 bits per heavy atom. The molecule has 3 aromatic carbocycles. The van der Waals surface area contributed by atoms with E-state index in [4.69, 9.17) is 9.26 Å². The summed E-state index contributed by atoms with van der Waals surface area (Å²) < 4.78 is 52.9. The number of carbonyl (C=O) groups is 2. The monoisotopic (exact) mass is 701 g/mol. The summed E-state index contributed by atoms with van der Waals surface area (Å²) in [5.41, 5.74) is 4.66. The molecule has 0 bridgehead atoms. The minimum absolute atomic E-state index is 0.135. The van der Waals surface area contributed by atoms with Crippen LogP contribution in [0.5, 0.6) is 0 Å². The Morgan fingerprint density at radius 1 is 1.02 bits per heavy atom. The molecule has 1 N–H and O–H groups in total. The highest BCUT2D eigenvalue weighted by molar-refractivity contribution is 5.90. The molecule has 1 spiro atoms. The predicted molar refractivity (Wildman–Crippen MR) is 185 cm³/mol. The third kappa shape index (κ3) is 7.31. The zero-order chi connectivity index (χ0) is 35.9. The van der Waals surface area contributed by atoms with Gasteiger partial charge < -0.3 is 19.5 Å². The Kier molecular flexibility index (Phi) is 9.28. The van der Waals surface area contributed by atoms with Gasteiger partial charge in [-0.15, -0.1) is 0 Å². The van der Waals surface area contributed by atoms with Crippen LogP contribution in [0.3, 0.4) is 0 Å². The Hall–Kier alpha value is -4.87. The molecule has 1 saturated heterocycles. The number of ether oxygens (including phenoxy) is 1. The highest BCUT2D eigenvalue weighted by Crippen LogP contribution is 2.53. The van der Waals surface area contributed by atoms with Crippen LogP contribution in [0.2, 0.25) is 0 Å². The number of amides is 2. The van der Waals surface area contributed by atoms with Gasteiger partial charge in [0.2, 0.25) is 12.3 Å². The van der Waals surface area contributed by atoms with Gasteiger partial charge in [-0.25, -0.2) is 18.0 Å². The van der Waals surface area contributed by atoms with Crippen LogP contribution in [0, 0.1) is 17.5 Å². The summed E-state index contributed by atoms with van der Waals surface area (Å²) in [5.74, 6) is -2.39. The minimum Gasteiger partial charge on any atom is -0.443 e. The topological polar surface area (TPSA) is 101 Å². The van der Waals surface area contributed by atoms with Crippen molar-refractivity contribution >= 4 is 23.4 Å². The maximum atomic E-state index is 14.8. The number of aromatic nitrogens is 2. The number of aryl methyl sites for hydroxylation is 1. The van der Waals surface area contributed by atoms with E-state index >= 15 is 0 Å². The Bertz CT molecular complexity index is 1920. The lowest BCUT2D eigenvalue weighted by Crippen LogP contribution is -2.42. The first-order valence-corrected chi connectivity index (χ1v) is 17.6. The SMILES string of the molecule is CC(C)(C)OC(=O)N1CCCc2cc(N3CCC4(CC3)C[C@@H](CC(=O)N[C@H](Cc3ccc(F)c(F)c3)c3ncon3)c3ccc(F)cc34)ccc21. The van der Waals surface area contributed by atoms with Gasteiger partial charge in [-0.1, -0.05) is 17.3 Å². The van der Waals surface area contributed by atoms with Gasteiger partial charge in [0.1, 0.15) is 11.4 Å². The first kappa shape index (κ1) is 34.6. The molecule has 0 saturated carbocycles. The molecule has 3 heterocycles. The number of fused-ring (bicyclic) bond motifs is 3. The van der Waals surface area contributed by atoms with Crippen molar-refractivity contribution in [3.8, 4) is 0 Å². The number of nitrogens with zero attached hydrogens (tertiary/aromatic N) is 4. The molecule has 3 aliphatic rings. The second kappa shape index (κ2) is 13.7. The van der Waals surface area contributed by atoms with Crippen LogP contribution in [0.4, 0.5) is 29.3 Å². The van der Waals surface area contributed by atoms with E-state index in [1.165, 1.54) is 12.1 Å². The molecule has 1 fully saturated rings. The third-order valence-corrected chi connectivity index (χ3v) is 10.4. The Labute approximate surface area is 295 Å². The number of halogens is 3. The summed E-state index contributed by atoms with van der Waals surface area (Å²) in [6, 6.07) is 14.0. The number of anilines is 2. The van der Waals surface area contributed by atoms with Crippen molar-refractivity contribution in [3.63, 3.8) is 0 Å². The van der Waals surface area contributed by atoms with E-state index < -0.39 is 23.3 Å². The fourth-order valence-electron chi connectivity index (χ4n) is 8.09. The number of benzene rings is 3. The zero-order valence-corrected chi connectivity index (χ0v) is 29.1. The molecule has 2 aliphatic heterocycles. The molecule has 268 valence electrons. The van der Waals surface area contributed by atoms with Crippen LogP contribution in [-0.4, -0.2) is 47.4 Å². The number of hydrogen-bond acceptors (Lipinski definition) is 7. The zero-order valence-electron chi connectivity index (χ0n) is 29.1. The Morgan fingerprint density at radius 2 is 1.82 bits per heavy atom. The van der Waals surface area contributed by atoms with Crippen LogP contribution < -0.4 is 15.1 Å². The Balaban J connectivity index is 1.04. The molecular formula is C39H42F3N5O4. The van der Waals surface area contributed by atoms with Gasteiger partial charge in [0.15, 0.2) is 17.5 Å². The number of nitrogens with one attached hydrogen (secondary N) is 1. The van der Waals surface area contributed by atoms with Crippen molar-refractivity contribution < 1.29 is 32.0 Å². The largest absolute Gasteiger partial charge is 0.443 e. The quantitative estimate of drug-likeness (QED) is 0.211. The molecule has 0 radical (unpaired) electrons. The second-order valence-corrected chi connectivity index (χ2v) is 15.0. The maximum Gasteiger partial charge on any atom is 0.414 e. The summed E-state index contributed by atoms with van der Waals surface area (Å²) in [6.07, 6.45) is 5.15. The van der Waals surface area contributed by atoms with Gasteiger partial charge in [-0.3, -0.25) is 9.69 Å². The van der Waals surface area contributed by atoms with E-state index in [0.29, 0.717) is 18.5 Å². The number of rotatable bonds is 7. The molecule has 2 atom stereocenters. The molecule has 12 heteroatoms. The van der Waals surface area contributed by atoms with E-state index in [1.807, 2.05) is 32.9 Å². The van der Waals surface area contributed by atoms with Gasteiger partial charge in [-0.05, 0) is 129 Å². The second-order valence-electron chi connectivity index (χ2n) is 15.0. The number of hydrogen-bond donors (Lipinski definition) is 1. The summed E-state index contributed by atoms with van der Waals surface area (Å²) in [4.78, 5) is 34.7. The predicted octanol–water partition coefficient (Wildman–Crippen LogP) is 7.69. The maximum absolute atomic E-state index is 14.8. The van der Waals surface area contributed by atoms with Crippen molar-refractivity contribution in [3.05, 3.63) is 107 Å². The highest BCUT2D eigenvalue weighted by Gasteiger charge is 2.46. The van der Waals surface area contributed by atoms with Gasteiger partial charge in [0.05, 0.1) is 11.7 Å². The fraction of sp³-hybridized carbons (Fsp3) is 0.436. The lowest BCUT2D eigenvalue weighted by molar-refractivity contribution is -0.122. The van der Waals surface area contributed by atoms with Gasteiger partial charge >= 0.3 is 6.09 Å². The summed E-state index contributed by atoms with van der Waals surface area (Å²) in [5, 5.41) is 6.88. The first-order valence-electron chi connectivity index (χ1n) is 17.6. The fourth-order valence-corrected chi connectivity index (χ4v) is 8.09. The molecule has 7 rings (SSSR count). The summed E-state index contributed by atoms with van der Waals surface area (Å²) >= 11 is 0. The van der Waals surface area contributed by atoms with Gasteiger partial charge in [-0.2, -0.15) is 4.98 Å². The average Bonchev–Trinajstić information content (AvgIpc) is 3.72. The third-order valence-electron chi connectivity index (χ3n) is 10.4. The van der Waals surface area contributed by atoms with Crippen molar-refractivity contribution in [2.75, 3.05) is 29.4 Å². The molecule has 4 aromatic rings. The highest BCUT2D eigenvalue weighted by atomic mass is 19.2. The molecule has 1 aliphatic carbocycles. The van der Waals surface area contributed by atoms with Crippen LogP contribution in [-0.2, 0) is 27.8 Å². The smallest absolute Gasteiger partial charge is 0.414 e. The molecule has 9 nitrogen and oxygen atoms in total. The normalized spacial score (nSPS) is 18.7. The van der Waals surface area contributed by atoms with Crippen LogP contribution in [0.15, 0.2) is 65.5 Å². The molecule has 1 aromatic heterocycles. The van der Waals surface area contributed by atoms with Gasteiger partial charge in [0, 0.05) is 38.2 Å². The lowest BCUT2D eigenvalue weighted by Gasteiger charge is -2.42. The molecule has 2 amide bonds. The lowest BCUT2D eigenvalue weighted by atomic mass is 9.73. The standard InChI is InChI=1S/C39H42F3N5O4/c1-38(2,3)51-37(49)47-14-4-5-25-19-28(8-11-34(25)47)46-15-12-39(13-16-46)22-26(29-9-7-27(40)21-30(29)39)20-35(48)44-33(36-43-23-50-45-36)18-24-6-10-31(41)32(42)17-24/h6-11,17,19,21,23,26,33H,4-5,12-16,18,20,22H2,1-3H3,(H,44,48)/t26-,33-/m1/s1. The van der Waals surface area contributed by atoms with Crippen LogP contribution >= 0.6 is 0 Å². The van der Waals surface area contributed by atoms with E-state index in [2.05, 4.69) is 32.5 Å². The molecule has 51 heavy (non-hydrogen) atoms. The van der Waals surface area contributed by atoms with Crippen LogP contribution in [0.25, 0.3) is 0 Å². The van der Waals surface area contributed by atoms with E-state index in [-0.39, 0.29) is 47.8 Å². The van der Waals surface area contributed by atoms with Crippen molar-refractivity contribution in [2.45, 2.75) is 88.7 Å². The van der Waals surface area contributed by atoms with Crippen molar-refractivity contribution in [2.24, 2.45) is 0 Å². The molecule has 0 unspecified atom stereocenters. The minimum atomic E-state index is -0.978. The summed E-state index contributed by atoms with van der Waals surface area (Å²) in [6.45, 7) is 7.74. The molecular weight excluding hydrogens is 659 g/mol.